The highest BCUT2D eigenvalue weighted by atomic mass is 35.5. The van der Waals surface area contributed by atoms with E-state index in [1.54, 1.807) is 72.8 Å². The van der Waals surface area contributed by atoms with Crippen LogP contribution in [0.1, 0.15) is 111 Å². The Morgan fingerprint density at radius 1 is 0.402 bits per heavy atom. The van der Waals surface area contributed by atoms with E-state index in [1.807, 2.05) is 0 Å². The molecule has 0 heterocycles. The molecular weight excluding hydrogens is 1120 g/mol. The fraction of sp³-hybridized carbons (Fsp3) is 0.500. The number of hydrogen-bond donors (Lipinski definition) is 6. The van der Waals surface area contributed by atoms with Crippen LogP contribution in [0.15, 0.2) is 72.8 Å². The largest absolute Gasteiger partial charge is 0.508 e. The predicted molar refractivity (Wildman–Crippen MR) is 300 cm³/mol. The van der Waals surface area contributed by atoms with E-state index < -0.39 is 72.3 Å². The molecule has 82 heavy (non-hydrogen) atoms. The average molecular weight is 1190 g/mol. The number of alkyl halides is 2. The van der Waals surface area contributed by atoms with E-state index in [-0.39, 0.29) is 76.3 Å². The zero-order valence-corrected chi connectivity index (χ0v) is 48.1. The lowest BCUT2D eigenvalue weighted by Crippen LogP contribution is -2.40. The van der Waals surface area contributed by atoms with Gasteiger partial charge in [0.2, 0.25) is 0 Å². The van der Waals surface area contributed by atoms with Gasteiger partial charge in [0.1, 0.15) is 37.3 Å². The van der Waals surface area contributed by atoms with Crippen LogP contribution in [-0.2, 0) is 70.2 Å². The molecule has 0 aliphatic rings. The summed E-state index contributed by atoms with van der Waals surface area (Å²) in [6.07, 6.45) is 2.26. The minimum absolute atomic E-state index is 0.0421. The van der Waals surface area contributed by atoms with E-state index in [0.29, 0.717) is 87.0 Å². The van der Waals surface area contributed by atoms with Gasteiger partial charge in [0.15, 0.2) is 0 Å². The summed E-state index contributed by atoms with van der Waals surface area (Å²) < 4.78 is 40.6. The van der Waals surface area contributed by atoms with Crippen LogP contribution in [0.3, 0.4) is 0 Å². The summed E-state index contributed by atoms with van der Waals surface area (Å²) in [4.78, 5) is 123. The lowest BCUT2D eigenvalue weighted by Gasteiger charge is -2.26. The highest BCUT2D eigenvalue weighted by molar-refractivity contribution is 6.18. The van der Waals surface area contributed by atoms with Crippen molar-refractivity contribution in [3.8, 4) is 0 Å². The molecule has 3 aromatic carbocycles. The zero-order valence-electron chi connectivity index (χ0n) is 46.6. The molecule has 0 fully saturated rings. The van der Waals surface area contributed by atoms with Crippen LogP contribution >= 0.6 is 23.2 Å². The highest BCUT2D eigenvalue weighted by Gasteiger charge is 2.40. The van der Waals surface area contributed by atoms with Crippen LogP contribution in [0.2, 0.25) is 0 Å². The summed E-state index contributed by atoms with van der Waals surface area (Å²) in [5, 5.41) is 16.7. The molecule has 2 unspecified atom stereocenters. The van der Waals surface area contributed by atoms with Gasteiger partial charge in [-0.15, -0.1) is 23.2 Å². The van der Waals surface area contributed by atoms with Crippen molar-refractivity contribution < 1.29 is 85.8 Å². The molecule has 3 aromatic rings. The smallest absolute Gasteiger partial charge is 0.465 e. The second kappa shape index (κ2) is 38.0. The summed E-state index contributed by atoms with van der Waals surface area (Å²) >= 11 is 11.2. The fourth-order valence-corrected chi connectivity index (χ4v) is 6.99. The number of carbonyl (C=O) groups excluding carboxylic acids is 10. The van der Waals surface area contributed by atoms with Gasteiger partial charge in [-0.25, -0.2) is 19.2 Å². The molecule has 0 aliphatic heterocycles. The molecule has 0 spiro atoms. The number of unbranched alkanes of at least 4 members (excludes halogenated alkanes) is 4. The summed E-state index contributed by atoms with van der Waals surface area (Å²) in [7, 11) is 0. The van der Waals surface area contributed by atoms with E-state index in [0.717, 1.165) is 11.1 Å². The number of anilines is 2. The summed E-state index contributed by atoms with van der Waals surface area (Å²) in [5.41, 5.74) is 0.449. The van der Waals surface area contributed by atoms with Crippen molar-refractivity contribution >= 4 is 94.6 Å². The van der Waals surface area contributed by atoms with E-state index in [9.17, 15) is 47.9 Å². The van der Waals surface area contributed by atoms with Crippen molar-refractivity contribution in [3.05, 3.63) is 95.1 Å². The van der Waals surface area contributed by atoms with E-state index in [1.165, 1.54) is 27.7 Å². The maximum atomic E-state index is 12.9. The number of hydrogen-bond acceptors (Lipinski definition) is 18. The molecule has 0 radical (unpaired) electrons. The van der Waals surface area contributed by atoms with E-state index in [2.05, 4.69) is 31.9 Å². The van der Waals surface area contributed by atoms with E-state index in [4.69, 9.17) is 61.1 Å². The van der Waals surface area contributed by atoms with Gasteiger partial charge in [-0.2, -0.15) is 0 Å². The number of urea groups is 2. The molecule has 0 aromatic heterocycles. The molecule has 24 nitrogen and oxygen atoms in total. The molecule has 2 atom stereocenters. The van der Waals surface area contributed by atoms with Crippen molar-refractivity contribution in [2.75, 3.05) is 88.3 Å². The number of rotatable bonds is 36. The maximum absolute atomic E-state index is 12.9. The first-order valence-corrected chi connectivity index (χ1v) is 27.6. The van der Waals surface area contributed by atoms with Crippen LogP contribution < -0.4 is 31.9 Å². The maximum Gasteiger partial charge on any atom is 0.508 e. The van der Waals surface area contributed by atoms with Gasteiger partial charge in [0, 0.05) is 74.3 Å². The van der Waals surface area contributed by atoms with Crippen molar-refractivity contribution in [3.63, 3.8) is 0 Å². The van der Waals surface area contributed by atoms with Gasteiger partial charge in [0.05, 0.1) is 26.4 Å². The van der Waals surface area contributed by atoms with Gasteiger partial charge < -0.3 is 69.8 Å². The normalized spacial score (nSPS) is 12.1. The monoisotopic (exact) mass is 1190 g/mol. The molecule has 6 amide bonds. The van der Waals surface area contributed by atoms with Crippen molar-refractivity contribution in [1.82, 2.24) is 21.3 Å². The number of halogens is 2. The first kappa shape index (κ1) is 68.4. The SMILES string of the molecule is CC(=O)OCC(C)(COC(=O)OCCCCCNC(=O)Nc1ccc(CNC(=O)c2ccc(C(=O)NCc3ccc(NC(=O)NCCCCCOC(=O)OCC(C)(COC(C)=O)C(=O)OCCCCl)cc3)cc2)cc1)C(=O)OCCCCl. The number of amides is 6. The van der Waals surface area contributed by atoms with Crippen LogP contribution in [0.5, 0.6) is 0 Å². The Labute approximate surface area is 486 Å². The van der Waals surface area contributed by atoms with Gasteiger partial charge in [-0.1, -0.05) is 24.3 Å². The molecule has 26 heteroatoms. The van der Waals surface area contributed by atoms with Crippen LogP contribution in [-0.4, -0.2) is 138 Å². The molecule has 0 saturated carbocycles. The third kappa shape index (κ3) is 28.0. The number of benzene rings is 3. The van der Waals surface area contributed by atoms with Crippen molar-refractivity contribution in [1.29, 1.82) is 0 Å². The van der Waals surface area contributed by atoms with Gasteiger partial charge in [0.25, 0.3) is 11.8 Å². The molecule has 0 bridgehead atoms. The third-order valence-corrected chi connectivity index (χ3v) is 12.1. The second-order valence-electron chi connectivity index (χ2n) is 19.0. The number of ether oxygens (including phenoxy) is 8. The Hall–Kier alpha value is -7.86. The van der Waals surface area contributed by atoms with Crippen LogP contribution in [0.4, 0.5) is 30.6 Å². The number of nitrogens with one attached hydrogen (secondary N) is 6. The predicted octanol–water partition coefficient (Wildman–Crippen LogP) is 7.92. The van der Waals surface area contributed by atoms with Crippen LogP contribution in [0, 0.1) is 10.8 Å². The van der Waals surface area contributed by atoms with Crippen molar-refractivity contribution in [2.45, 2.75) is 92.2 Å². The molecule has 0 saturated heterocycles. The topological polar surface area (TPSA) is 317 Å². The summed E-state index contributed by atoms with van der Waals surface area (Å²) in [6.45, 7) is 5.01. The van der Waals surface area contributed by atoms with Gasteiger partial charge in [-0.3, -0.25) is 28.8 Å². The minimum Gasteiger partial charge on any atom is -0.465 e. The molecule has 450 valence electrons. The first-order chi connectivity index (χ1) is 39.2. The Balaban J connectivity index is 1.25. The first-order valence-electron chi connectivity index (χ1n) is 26.5. The summed E-state index contributed by atoms with van der Waals surface area (Å²) in [5.74, 6) is -2.76. The third-order valence-electron chi connectivity index (χ3n) is 11.6. The lowest BCUT2D eigenvalue weighted by atomic mass is 9.93. The standard InChI is InChI=1S/C56H74Cl2N6O18/c1-39(65)79-35-55(3,49(69)75-31-11-25-57)37-81-53(73)77-29-9-5-7-27-59-51(71)63-45-21-13-41(14-22-45)33-61-47(67)43-17-19-44(20-18-43)48(68)62-34-42-15-23-46(24-16-42)64-52(72)60-28-8-6-10-30-78-54(74)82-38-56(4,36-80-40(2)66)50(70)76-32-12-26-58/h13-24H,5-12,25-38H2,1-4H3,(H,61,67)(H,62,68)(H2,59,63,71)(H2,60,64,72). The number of esters is 4. The lowest BCUT2D eigenvalue weighted by molar-refractivity contribution is -0.167. The molecule has 6 N–H and O–H groups in total. The molecule has 0 aliphatic carbocycles. The molecule has 3 rings (SSSR count). The average Bonchev–Trinajstić information content (AvgIpc) is 3.46. The Bertz CT molecular complexity index is 2370. The van der Waals surface area contributed by atoms with Gasteiger partial charge in [-0.05, 0) is 125 Å². The Morgan fingerprint density at radius 3 is 1.09 bits per heavy atom. The Morgan fingerprint density at radius 2 is 0.744 bits per heavy atom. The summed E-state index contributed by atoms with van der Waals surface area (Å²) in [6, 6.07) is 19.2. The van der Waals surface area contributed by atoms with Crippen LogP contribution in [0.25, 0.3) is 0 Å². The molecular formula is C56H74Cl2N6O18. The van der Waals surface area contributed by atoms with Crippen molar-refractivity contribution in [2.24, 2.45) is 10.8 Å². The zero-order chi connectivity index (χ0) is 60.2. The number of carbonyl (C=O) groups is 10. The Kier molecular flexibility index (Phi) is 31.7. The quantitative estimate of drug-likeness (QED) is 0.0139. The second-order valence-corrected chi connectivity index (χ2v) is 19.8. The van der Waals surface area contributed by atoms with Gasteiger partial charge >= 0.3 is 48.3 Å². The van der Waals surface area contributed by atoms with E-state index >= 15 is 0 Å². The fourth-order valence-electron chi connectivity index (χ4n) is 6.77. The minimum atomic E-state index is -1.44. The highest BCUT2D eigenvalue weighted by Crippen LogP contribution is 2.23.